The smallest absolute Gasteiger partial charge is 0.244 e. The maximum atomic E-state index is 14.0. The Bertz CT molecular complexity index is 1400. The lowest BCUT2D eigenvalue weighted by molar-refractivity contribution is -0.140. The summed E-state index contributed by atoms with van der Waals surface area (Å²) in [6, 6.07) is 19.8. The number of hydrogen-bond donors (Lipinski definition) is 1. The highest BCUT2D eigenvalue weighted by Crippen LogP contribution is 2.28. The van der Waals surface area contributed by atoms with Crippen LogP contribution in [0.2, 0.25) is 10.0 Å². The molecule has 1 atom stereocenters. The Morgan fingerprint density at radius 1 is 0.949 bits per heavy atom. The zero-order chi connectivity index (χ0) is 28.7. The maximum Gasteiger partial charge on any atom is 0.244 e. The second-order valence-electron chi connectivity index (χ2n) is 9.34. The van der Waals surface area contributed by atoms with Crippen LogP contribution in [0.15, 0.2) is 77.3 Å². The number of carbonyl (C=O) groups is 2. The quantitative estimate of drug-likeness (QED) is 0.288. The van der Waals surface area contributed by atoms with Crippen molar-refractivity contribution in [2.45, 2.75) is 38.9 Å². The molecule has 0 spiro atoms. The fourth-order valence-corrected chi connectivity index (χ4v) is 5.78. The number of anilines is 1. The monoisotopic (exact) mass is 653 g/mol. The number of nitrogens with zero attached hydrogens (tertiary/aromatic N) is 2. The van der Waals surface area contributed by atoms with E-state index in [9.17, 15) is 18.0 Å². The Morgan fingerprint density at radius 2 is 1.56 bits per heavy atom. The summed E-state index contributed by atoms with van der Waals surface area (Å²) >= 11 is 16.3. The van der Waals surface area contributed by atoms with Gasteiger partial charge in [0.15, 0.2) is 0 Å². The van der Waals surface area contributed by atoms with Crippen LogP contribution in [0.5, 0.6) is 0 Å². The minimum atomic E-state index is -3.86. The van der Waals surface area contributed by atoms with Crippen molar-refractivity contribution in [3.05, 3.63) is 98.4 Å². The van der Waals surface area contributed by atoms with Crippen molar-refractivity contribution in [1.29, 1.82) is 0 Å². The van der Waals surface area contributed by atoms with Crippen molar-refractivity contribution >= 4 is 66.7 Å². The third kappa shape index (κ3) is 8.70. The van der Waals surface area contributed by atoms with Crippen molar-refractivity contribution in [2.24, 2.45) is 0 Å². The van der Waals surface area contributed by atoms with Gasteiger partial charge in [0.25, 0.3) is 0 Å². The molecule has 11 heteroatoms. The highest BCUT2D eigenvalue weighted by Gasteiger charge is 2.34. The van der Waals surface area contributed by atoms with Crippen molar-refractivity contribution in [3.63, 3.8) is 0 Å². The molecule has 3 rings (SSSR count). The van der Waals surface area contributed by atoms with Crippen molar-refractivity contribution in [3.8, 4) is 0 Å². The molecule has 0 heterocycles. The average molecular weight is 655 g/mol. The number of benzene rings is 3. The number of halogens is 3. The molecule has 0 fully saturated rings. The molecule has 0 aliphatic rings. The van der Waals surface area contributed by atoms with Crippen LogP contribution in [0.25, 0.3) is 0 Å². The molecule has 0 bridgehead atoms. The summed E-state index contributed by atoms with van der Waals surface area (Å²) < 4.78 is 27.3. The van der Waals surface area contributed by atoms with E-state index in [1.54, 1.807) is 42.5 Å². The minimum absolute atomic E-state index is 0.101. The Morgan fingerprint density at radius 3 is 2.13 bits per heavy atom. The van der Waals surface area contributed by atoms with Gasteiger partial charge in [0.2, 0.25) is 21.8 Å². The molecule has 0 aliphatic heterocycles. The van der Waals surface area contributed by atoms with Gasteiger partial charge in [-0.15, -0.1) is 0 Å². The zero-order valence-electron chi connectivity index (χ0n) is 21.8. The molecule has 208 valence electrons. The molecule has 0 saturated carbocycles. The van der Waals surface area contributed by atoms with Crippen LogP contribution in [0.3, 0.4) is 0 Å². The molecule has 0 aliphatic carbocycles. The molecule has 39 heavy (non-hydrogen) atoms. The SMILES string of the molecule is CC(C)NC(=O)C(Cc1ccccc1)N(Cc1c(Cl)cccc1Cl)C(=O)CN(c1cccc(Br)c1)S(C)(=O)=O. The Kier molecular flexibility index (Phi) is 10.8. The van der Waals surface area contributed by atoms with Crippen molar-refractivity contribution < 1.29 is 18.0 Å². The van der Waals surface area contributed by atoms with E-state index in [0.717, 1.165) is 16.1 Å². The minimum Gasteiger partial charge on any atom is -0.352 e. The predicted octanol–water partition coefficient (Wildman–Crippen LogP) is 5.69. The van der Waals surface area contributed by atoms with Crippen LogP contribution in [-0.4, -0.2) is 50.0 Å². The van der Waals surface area contributed by atoms with Crippen LogP contribution in [0.1, 0.15) is 25.0 Å². The third-order valence-electron chi connectivity index (χ3n) is 5.87. The molecule has 3 aromatic carbocycles. The van der Waals surface area contributed by atoms with Gasteiger partial charge in [-0.1, -0.05) is 81.6 Å². The predicted molar refractivity (Wildman–Crippen MR) is 161 cm³/mol. The highest BCUT2D eigenvalue weighted by molar-refractivity contribution is 9.10. The number of rotatable bonds is 11. The number of carbonyl (C=O) groups excluding carboxylic acids is 2. The topological polar surface area (TPSA) is 86.8 Å². The largest absolute Gasteiger partial charge is 0.352 e. The summed E-state index contributed by atoms with van der Waals surface area (Å²) in [5, 5.41) is 3.56. The average Bonchev–Trinajstić information content (AvgIpc) is 2.85. The highest BCUT2D eigenvalue weighted by atomic mass is 79.9. The summed E-state index contributed by atoms with van der Waals surface area (Å²) in [4.78, 5) is 29.0. The molecule has 1 N–H and O–H groups in total. The molecule has 0 saturated heterocycles. The summed E-state index contributed by atoms with van der Waals surface area (Å²) in [6.45, 7) is 3.02. The summed E-state index contributed by atoms with van der Waals surface area (Å²) in [6.07, 6.45) is 1.23. The lowest BCUT2D eigenvalue weighted by Gasteiger charge is -2.34. The summed E-state index contributed by atoms with van der Waals surface area (Å²) in [7, 11) is -3.86. The second-order valence-corrected chi connectivity index (χ2v) is 13.0. The second kappa shape index (κ2) is 13.7. The van der Waals surface area contributed by atoms with Gasteiger partial charge in [0, 0.05) is 39.1 Å². The van der Waals surface area contributed by atoms with Gasteiger partial charge in [-0.3, -0.25) is 13.9 Å². The van der Waals surface area contributed by atoms with Crippen LogP contribution in [-0.2, 0) is 32.6 Å². The fourth-order valence-electron chi connectivity index (χ4n) is 4.03. The molecular weight excluding hydrogens is 625 g/mol. The zero-order valence-corrected chi connectivity index (χ0v) is 25.7. The molecule has 2 amide bonds. The van der Waals surface area contributed by atoms with Crippen LogP contribution in [0.4, 0.5) is 5.69 Å². The molecule has 0 radical (unpaired) electrons. The van der Waals surface area contributed by atoms with E-state index < -0.39 is 28.5 Å². The van der Waals surface area contributed by atoms with E-state index in [0.29, 0.717) is 25.8 Å². The van der Waals surface area contributed by atoms with Gasteiger partial charge in [-0.2, -0.15) is 0 Å². The van der Waals surface area contributed by atoms with E-state index in [1.807, 2.05) is 44.2 Å². The fraction of sp³-hybridized carbons (Fsp3) is 0.286. The van der Waals surface area contributed by atoms with Gasteiger partial charge in [0.1, 0.15) is 12.6 Å². The lowest BCUT2D eigenvalue weighted by Crippen LogP contribution is -2.54. The number of hydrogen-bond acceptors (Lipinski definition) is 4. The first-order valence-corrected chi connectivity index (χ1v) is 15.6. The number of sulfonamides is 1. The Balaban J connectivity index is 2.10. The van der Waals surface area contributed by atoms with Crippen molar-refractivity contribution in [2.75, 3.05) is 17.1 Å². The van der Waals surface area contributed by atoms with Crippen molar-refractivity contribution in [1.82, 2.24) is 10.2 Å². The maximum absolute atomic E-state index is 14.0. The number of amides is 2. The van der Waals surface area contributed by atoms with Gasteiger partial charge in [0.05, 0.1) is 11.9 Å². The Hall–Kier alpha value is -2.59. The third-order valence-corrected chi connectivity index (χ3v) is 8.21. The van der Waals surface area contributed by atoms with Crippen LogP contribution < -0.4 is 9.62 Å². The number of nitrogens with one attached hydrogen (secondary N) is 1. The van der Waals surface area contributed by atoms with Gasteiger partial charge >= 0.3 is 0 Å². The summed E-state index contributed by atoms with van der Waals surface area (Å²) in [5.41, 5.74) is 1.59. The standard InChI is InChI=1S/C28H30BrCl2N3O4S/c1-19(2)32-28(36)26(15-20-9-5-4-6-10-20)33(17-23-24(30)13-8-14-25(23)31)27(35)18-34(39(3,37)38)22-12-7-11-21(29)16-22/h4-14,16,19,26H,15,17-18H2,1-3H3,(H,32,36). The molecule has 1 unspecified atom stereocenters. The van der Waals surface area contributed by atoms with Gasteiger partial charge < -0.3 is 10.2 Å². The molecular formula is C28H30BrCl2N3O4S. The van der Waals surface area contributed by atoms with E-state index >= 15 is 0 Å². The first-order valence-electron chi connectivity index (χ1n) is 12.2. The first-order chi connectivity index (χ1) is 18.4. The van der Waals surface area contributed by atoms with Crippen LogP contribution in [0, 0.1) is 0 Å². The van der Waals surface area contributed by atoms with Crippen LogP contribution >= 0.6 is 39.1 Å². The first kappa shape index (κ1) is 30.9. The van der Waals surface area contributed by atoms with E-state index in [-0.39, 0.29) is 24.9 Å². The van der Waals surface area contributed by atoms with E-state index in [2.05, 4.69) is 21.2 Å². The molecule has 3 aromatic rings. The lowest BCUT2D eigenvalue weighted by atomic mass is 10.0. The van der Waals surface area contributed by atoms with Gasteiger partial charge in [-0.25, -0.2) is 8.42 Å². The van der Waals surface area contributed by atoms with Gasteiger partial charge in [-0.05, 0) is 49.7 Å². The summed E-state index contributed by atoms with van der Waals surface area (Å²) in [5.74, 6) is -0.963. The Labute approximate surface area is 248 Å². The van der Waals surface area contributed by atoms with E-state index in [1.165, 1.54) is 4.90 Å². The molecule has 0 aromatic heterocycles. The van der Waals surface area contributed by atoms with E-state index in [4.69, 9.17) is 23.2 Å². The normalized spacial score (nSPS) is 12.2. The molecule has 7 nitrogen and oxygen atoms in total.